The second kappa shape index (κ2) is 4.72. The van der Waals surface area contributed by atoms with E-state index in [9.17, 15) is 4.79 Å². The third-order valence-electron chi connectivity index (χ3n) is 2.09. The van der Waals surface area contributed by atoms with Crippen LogP contribution in [0.25, 0.3) is 0 Å². The van der Waals surface area contributed by atoms with Gasteiger partial charge in [-0.15, -0.1) is 0 Å². The van der Waals surface area contributed by atoms with Crippen LogP contribution in [0.4, 0.5) is 0 Å². The maximum atomic E-state index is 11.5. The van der Waals surface area contributed by atoms with E-state index in [1.807, 2.05) is 13.8 Å². The highest BCUT2D eigenvalue weighted by molar-refractivity contribution is 5.85. The number of carbonyl (C=O) groups is 1. The number of amides is 1. The topological polar surface area (TPSA) is 73.6 Å². The summed E-state index contributed by atoms with van der Waals surface area (Å²) >= 11 is 0. The Balaban J connectivity index is 2.27. The summed E-state index contributed by atoms with van der Waals surface area (Å²) in [5, 5.41) is 0. The van der Waals surface area contributed by atoms with E-state index in [1.54, 1.807) is 0 Å². The van der Waals surface area contributed by atoms with Gasteiger partial charge >= 0.3 is 0 Å². The van der Waals surface area contributed by atoms with Crippen molar-refractivity contribution in [2.45, 2.75) is 25.8 Å². The van der Waals surface area contributed by atoms with Gasteiger partial charge in [0.05, 0.1) is 13.2 Å². The van der Waals surface area contributed by atoms with E-state index in [0.717, 1.165) is 0 Å². The SMILES string of the molecule is CC(C)CONC(=O)C1(N)CCOC1. The lowest BCUT2D eigenvalue weighted by Crippen LogP contribution is -2.54. The highest BCUT2D eigenvalue weighted by atomic mass is 16.7. The normalized spacial score (nSPS) is 26.9. The molecule has 1 saturated heterocycles. The molecular formula is C9H18N2O3. The number of carbonyl (C=O) groups excluding carboxylic acids is 1. The number of ether oxygens (including phenoxy) is 1. The summed E-state index contributed by atoms with van der Waals surface area (Å²) in [4.78, 5) is 16.5. The third-order valence-corrected chi connectivity index (χ3v) is 2.09. The molecule has 1 rings (SSSR count). The van der Waals surface area contributed by atoms with Crippen LogP contribution in [0, 0.1) is 5.92 Å². The maximum Gasteiger partial charge on any atom is 0.266 e. The first-order chi connectivity index (χ1) is 6.54. The third kappa shape index (κ3) is 2.94. The van der Waals surface area contributed by atoms with Crippen molar-refractivity contribution < 1.29 is 14.4 Å². The fourth-order valence-corrected chi connectivity index (χ4v) is 1.14. The van der Waals surface area contributed by atoms with Crippen molar-refractivity contribution in [2.24, 2.45) is 11.7 Å². The molecule has 0 radical (unpaired) electrons. The molecule has 1 atom stereocenters. The molecular weight excluding hydrogens is 184 g/mol. The van der Waals surface area contributed by atoms with Gasteiger partial charge in [0.2, 0.25) is 0 Å². The van der Waals surface area contributed by atoms with E-state index in [2.05, 4.69) is 5.48 Å². The molecule has 0 spiro atoms. The molecule has 1 unspecified atom stereocenters. The summed E-state index contributed by atoms with van der Waals surface area (Å²) in [6, 6.07) is 0. The second-order valence-corrected chi connectivity index (χ2v) is 4.09. The van der Waals surface area contributed by atoms with E-state index in [-0.39, 0.29) is 12.5 Å². The van der Waals surface area contributed by atoms with Crippen LogP contribution >= 0.6 is 0 Å². The average molecular weight is 202 g/mol. The number of hydroxylamine groups is 1. The fourth-order valence-electron chi connectivity index (χ4n) is 1.14. The van der Waals surface area contributed by atoms with Crippen LogP contribution in [0.3, 0.4) is 0 Å². The van der Waals surface area contributed by atoms with Gasteiger partial charge in [-0.3, -0.25) is 9.63 Å². The lowest BCUT2D eigenvalue weighted by atomic mass is 10.00. The standard InChI is InChI=1S/C9H18N2O3/c1-7(2)5-14-11-8(12)9(10)3-4-13-6-9/h7H,3-6,10H2,1-2H3,(H,11,12). The number of hydrogen-bond donors (Lipinski definition) is 2. The first-order valence-corrected chi connectivity index (χ1v) is 4.83. The molecule has 5 heteroatoms. The molecule has 0 aromatic heterocycles. The van der Waals surface area contributed by atoms with Crippen LogP contribution in [0.15, 0.2) is 0 Å². The molecule has 3 N–H and O–H groups in total. The Hall–Kier alpha value is -0.650. The molecule has 5 nitrogen and oxygen atoms in total. The van der Waals surface area contributed by atoms with E-state index in [0.29, 0.717) is 25.6 Å². The summed E-state index contributed by atoms with van der Waals surface area (Å²) in [5.41, 5.74) is 7.25. The lowest BCUT2D eigenvalue weighted by Gasteiger charge is -2.20. The summed E-state index contributed by atoms with van der Waals surface area (Å²) in [6.07, 6.45) is 0.546. The van der Waals surface area contributed by atoms with Gasteiger partial charge in [0.15, 0.2) is 0 Å². The Labute approximate surface area is 83.9 Å². The zero-order chi connectivity index (χ0) is 10.6. The highest BCUT2D eigenvalue weighted by Gasteiger charge is 2.38. The van der Waals surface area contributed by atoms with Crippen LogP contribution < -0.4 is 11.2 Å². The first kappa shape index (κ1) is 11.4. The van der Waals surface area contributed by atoms with Gasteiger partial charge in [0.1, 0.15) is 5.54 Å². The number of nitrogens with one attached hydrogen (secondary N) is 1. The van der Waals surface area contributed by atoms with E-state index in [1.165, 1.54) is 0 Å². The van der Waals surface area contributed by atoms with Crippen LogP contribution in [0.2, 0.25) is 0 Å². The first-order valence-electron chi connectivity index (χ1n) is 4.83. The molecule has 82 valence electrons. The van der Waals surface area contributed by atoms with Crippen molar-refractivity contribution in [3.8, 4) is 0 Å². The molecule has 0 bridgehead atoms. The minimum absolute atomic E-state index is 0.268. The Bertz CT molecular complexity index is 200. The number of nitrogens with two attached hydrogens (primary N) is 1. The summed E-state index contributed by atoms with van der Waals surface area (Å²) in [7, 11) is 0. The molecule has 1 aliphatic heterocycles. The smallest absolute Gasteiger partial charge is 0.266 e. The highest BCUT2D eigenvalue weighted by Crippen LogP contribution is 2.15. The van der Waals surface area contributed by atoms with Crippen LogP contribution in [0.5, 0.6) is 0 Å². The van der Waals surface area contributed by atoms with E-state index >= 15 is 0 Å². The summed E-state index contributed by atoms with van der Waals surface area (Å²) < 4.78 is 5.07. The zero-order valence-corrected chi connectivity index (χ0v) is 8.71. The van der Waals surface area contributed by atoms with Crippen molar-refractivity contribution >= 4 is 5.91 Å². The Morgan fingerprint density at radius 3 is 2.93 bits per heavy atom. The average Bonchev–Trinajstić information content (AvgIpc) is 2.52. The predicted octanol–water partition coefficient (Wildman–Crippen LogP) is -0.192. The van der Waals surface area contributed by atoms with Gasteiger partial charge < -0.3 is 10.5 Å². The van der Waals surface area contributed by atoms with Crippen LogP contribution in [-0.2, 0) is 14.4 Å². The molecule has 0 aromatic carbocycles. The summed E-state index contributed by atoms with van der Waals surface area (Å²) in [5.74, 6) is 0.0829. The van der Waals surface area contributed by atoms with Gasteiger partial charge in [-0.1, -0.05) is 13.8 Å². The number of rotatable bonds is 4. The Morgan fingerprint density at radius 1 is 1.71 bits per heavy atom. The number of hydrogen-bond acceptors (Lipinski definition) is 4. The molecule has 1 amide bonds. The quantitative estimate of drug-likeness (QED) is 0.620. The van der Waals surface area contributed by atoms with Crippen molar-refractivity contribution in [2.75, 3.05) is 19.8 Å². The monoisotopic (exact) mass is 202 g/mol. The van der Waals surface area contributed by atoms with Crippen molar-refractivity contribution in [1.29, 1.82) is 0 Å². The summed E-state index contributed by atoms with van der Waals surface area (Å²) in [6.45, 7) is 5.30. The van der Waals surface area contributed by atoms with Crippen LogP contribution in [0.1, 0.15) is 20.3 Å². The van der Waals surface area contributed by atoms with Gasteiger partial charge in [0.25, 0.3) is 5.91 Å². The Morgan fingerprint density at radius 2 is 2.43 bits per heavy atom. The molecule has 1 fully saturated rings. The largest absolute Gasteiger partial charge is 0.379 e. The van der Waals surface area contributed by atoms with Crippen molar-refractivity contribution in [3.63, 3.8) is 0 Å². The molecule has 0 aliphatic carbocycles. The molecule has 1 heterocycles. The van der Waals surface area contributed by atoms with Crippen LogP contribution in [-0.4, -0.2) is 31.3 Å². The molecule has 0 saturated carbocycles. The fraction of sp³-hybridized carbons (Fsp3) is 0.889. The van der Waals surface area contributed by atoms with Crippen molar-refractivity contribution in [1.82, 2.24) is 5.48 Å². The van der Waals surface area contributed by atoms with Crippen molar-refractivity contribution in [3.05, 3.63) is 0 Å². The van der Waals surface area contributed by atoms with Gasteiger partial charge in [-0.2, -0.15) is 0 Å². The van der Waals surface area contributed by atoms with Gasteiger partial charge in [-0.05, 0) is 5.92 Å². The minimum atomic E-state index is -0.906. The molecule has 1 aliphatic rings. The second-order valence-electron chi connectivity index (χ2n) is 4.09. The molecule has 0 aromatic rings. The van der Waals surface area contributed by atoms with E-state index in [4.69, 9.17) is 15.3 Å². The molecule has 14 heavy (non-hydrogen) atoms. The Kier molecular flexibility index (Phi) is 3.86. The van der Waals surface area contributed by atoms with Gasteiger partial charge in [0, 0.05) is 13.0 Å². The lowest BCUT2D eigenvalue weighted by molar-refractivity contribution is -0.140. The zero-order valence-electron chi connectivity index (χ0n) is 8.71. The van der Waals surface area contributed by atoms with E-state index < -0.39 is 5.54 Å². The maximum absolute atomic E-state index is 11.5. The van der Waals surface area contributed by atoms with Gasteiger partial charge in [-0.25, -0.2) is 5.48 Å². The predicted molar refractivity (Wildman–Crippen MR) is 51.3 cm³/mol. The minimum Gasteiger partial charge on any atom is -0.379 e.